The van der Waals surface area contributed by atoms with Crippen LogP contribution in [0.5, 0.6) is 0 Å². The number of nitrogens with one attached hydrogen (secondary N) is 1. The van der Waals surface area contributed by atoms with E-state index in [1.54, 1.807) is 17.2 Å². The first-order valence-corrected chi connectivity index (χ1v) is 11.7. The summed E-state index contributed by atoms with van der Waals surface area (Å²) in [5, 5.41) is 5.05. The summed E-state index contributed by atoms with van der Waals surface area (Å²) in [5.41, 5.74) is -0.177. The van der Waals surface area contributed by atoms with Gasteiger partial charge in [-0.3, -0.25) is 9.59 Å². The molecule has 1 unspecified atom stereocenters. The second-order valence-electron chi connectivity index (χ2n) is 7.50. The molecule has 0 bridgehead atoms. The third kappa shape index (κ3) is 5.36. The van der Waals surface area contributed by atoms with Crippen molar-refractivity contribution in [3.63, 3.8) is 0 Å². The maximum atomic E-state index is 12.9. The first kappa shape index (κ1) is 22.5. The van der Waals surface area contributed by atoms with Crippen LogP contribution in [0.2, 0.25) is 0 Å². The number of carbonyl (C=O) groups excluding carboxylic acids is 2. The SMILES string of the molecule is O=C(Nc1ncc(Cc2cccc(C(F)(F)F)c2)s1)C1CCCN1C(=O)Cc1cccs1. The highest BCUT2D eigenvalue weighted by atomic mass is 32.1. The zero-order valence-electron chi connectivity index (χ0n) is 16.9. The van der Waals surface area contributed by atoms with Gasteiger partial charge in [-0.05, 0) is 35.9 Å². The average molecular weight is 480 g/mol. The van der Waals surface area contributed by atoms with Crippen molar-refractivity contribution in [2.24, 2.45) is 0 Å². The van der Waals surface area contributed by atoms with Gasteiger partial charge in [0, 0.05) is 28.9 Å². The summed E-state index contributed by atoms with van der Waals surface area (Å²) < 4.78 is 38.7. The van der Waals surface area contributed by atoms with Crippen LogP contribution in [0.1, 0.15) is 33.7 Å². The molecule has 2 amide bonds. The van der Waals surface area contributed by atoms with Crippen LogP contribution in [0.4, 0.5) is 18.3 Å². The number of hydrogen-bond donors (Lipinski definition) is 1. The molecule has 2 aromatic heterocycles. The normalized spacial score (nSPS) is 16.3. The van der Waals surface area contributed by atoms with E-state index in [1.807, 2.05) is 17.5 Å². The molecule has 3 aromatic rings. The van der Waals surface area contributed by atoms with Crippen molar-refractivity contribution < 1.29 is 22.8 Å². The van der Waals surface area contributed by atoms with Crippen LogP contribution < -0.4 is 5.32 Å². The number of thiazole rings is 1. The van der Waals surface area contributed by atoms with Crippen LogP contribution in [0, 0.1) is 0 Å². The molecule has 168 valence electrons. The minimum absolute atomic E-state index is 0.0746. The molecule has 0 aliphatic carbocycles. The highest BCUT2D eigenvalue weighted by molar-refractivity contribution is 7.15. The van der Waals surface area contributed by atoms with Crippen molar-refractivity contribution in [3.05, 3.63) is 68.9 Å². The standard InChI is InChI=1S/C22H20F3N3O2S2/c23-22(24,25)15-5-1-4-14(10-15)11-17-13-26-21(32-17)27-20(30)18-7-2-8-28(18)19(29)12-16-6-3-9-31-16/h1,3-6,9-10,13,18H,2,7-8,11-12H2,(H,26,27,30). The van der Waals surface area contributed by atoms with E-state index < -0.39 is 17.8 Å². The van der Waals surface area contributed by atoms with Gasteiger partial charge in [0.25, 0.3) is 0 Å². The number of halogens is 3. The lowest BCUT2D eigenvalue weighted by molar-refractivity contribution is -0.137. The van der Waals surface area contributed by atoms with E-state index in [0.717, 1.165) is 28.3 Å². The lowest BCUT2D eigenvalue weighted by Crippen LogP contribution is -2.43. The van der Waals surface area contributed by atoms with Crippen LogP contribution >= 0.6 is 22.7 Å². The minimum atomic E-state index is -4.39. The third-order valence-corrected chi connectivity index (χ3v) is 6.99. The fraction of sp³-hybridized carbons (Fsp3) is 0.318. The number of carbonyl (C=O) groups is 2. The molecule has 1 aromatic carbocycles. The van der Waals surface area contributed by atoms with Crippen molar-refractivity contribution in [2.45, 2.75) is 37.9 Å². The Bertz CT molecular complexity index is 1100. The molecule has 4 rings (SSSR count). The summed E-state index contributed by atoms with van der Waals surface area (Å²) in [4.78, 5) is 32.9. The van der Waals surface area contributed by atoms with E-state index in [1.165, 1.54) is 28.7 Å². The summed E-state index contributed by atoms with van der Waals surface area (Å²) >= 11 is 2.72. The van der Waals surface area contributed by atoms with Crippen molar-refractivity contribution >= 4 is 39.6 Å². The van der Waals surface area contributed by atoms with Gasteiger partial charge in [-0.25, -0.2) is 4.98 Å². The molecule has 1 atom stereocenters. The molecule has 1 saturated heterocycles. The fourth-order valence-electron chi connectivity index (χ4n) is 3.70. The highest BCUT2D eigenvalue weighted by Gasteiger charge is 2.34. The quantitative estimate of drug-likeness (QED) is 0.542. The Hall–Kier alpha value is -2.72. The molecule has 1 aliphatic heterocycles. The molecule has 0 radical (unpaired) electrons. The molecular weight excluding hydrogens is 459 g/mol. The minimum Gasteiger partial charge on any atom is -0.330 e. The van der Waals surface area contributed by atoms with Gasteiger partial charge < -0.3 is 10.2 Å². The molecule has 10 heteroatoms. The van der Waals surface area contributed by atoms with Gasteiger partial charge in [-0.15, -0.1) is 22.7 Å². The van der Waals surface area contributed by atoms with Gasteiger partial charge in [-0.1, -0.05) is 24.3 Å². The maximum Gasteiger partial charge on any atom is 0.416 e. The number of hydrogen-bond acceptors (Lipinski definition) is 5. The largest absolute Gasteiger partial charge is 0.416 e. The Morgan fingerprint density at radius 1 is 1.19 bits per heavy atom. The number of nitrogens with zero attached hydrogens (tertiary/aromatic N) is 2. The Labute approximate surface area is 190 Å². The molecule has 3 heterocycles. The zero-order chi connectivity index (χ0) is 22.7. The van der Waals surface area contributed by atoms with Gasteiger partial charge in [0.05, 0.1) is 12.0 Å². The number of rotatable bonds is 6. The van der Waals surface area contributed by atoms with E-state index in [2.05, 4.69) is 10.3 Å². The summed E-state index contributed by atoms with van der Waals surface area (Å²) in [7, 11) is 0. The van der Waals surface area contributed by atoms with E-state index >= 15 is 0 Å². The zero-order valence-corrected chi connectivity index (χ0v) is 18.5. The maximum absolute atomic E-state index is 12.9. The van der Waals surface area contributed by atoms with Crippen LogP contribution in [0.25, 0.3) is 0 Å². The number of likely N-dealkylation sites (tertiary alicyclic amines) is 1. The van der Waals surface area contributed by atoms with Crippen molar-refractivity contribution in [1.82, 2.24) is 9.88 Å². The Morgan fingerprint density at radius 2 is 2.03 bits per heavy atom. The van der Waals surface area contributed by atoms with Crippen LogP contribution in [0.3, 0.4) is 0 Å². The molecule has 0 spiro atoms. The summed E-state index contributed by atoms with van der Waals surface area (Å²) in [6, 6.07) is 8.41. The number of thiophene rings is 1. The number of anilines is 1. The van der Waals surface area contributed by atoms with Gasteiger partial charge in [0.15, 0.2) is 5.13 Å². The molecule has 5 nitrogen and oxygen atoms in total. The van der Waals surface area contributed by atoms with E-state index in [0.29, 0.717) is 23.7 Å². The number of aromatic nitrogens is 1. The van der Waals surface area contributed by atoms with Crippen molar-refractivity contribution in [2.75, 3.05) is 11.9 Å². The Balaban J connectivity index is 1.37. The van der Waals surface area contributed by atoms with Crippen LogP contribution in [-0.4, -0.2) is 34.3 Å². The number of alkyl halides is 3. The summed E-state index contributed by atoms with van der Waals surface area (Å²) in [5.74, 6) is -0.364. The first-order chi connectivity index (χ1) is 15.3. The molecular formula is C22H20F3N3O2S2. The molecule has 1 fully saturated rings. The van der Waals surface area contributed by atoms with Crippen LogP contribution in [0.15, 0.2) is 48.0 Å². The first-order valence-electron chi connectivity index (χ1n) is 10.0. The topological polar surface area (TPSA) is 62.3 Å². The molecule has 32 heavy (non-hydrogen) atoms. The lowest BCUT2D eigenvalue weighted by Gasteiger charge is -2.23. The van der Waals surface area contributed by atoms with Gasteiger partial charge in [0.2, 0.25) is 11.8 Å². The smallest absolute Gasteiger partial charge is 0.330 e. The Morgan fingerprint density at radius 3 is 2.78 bits per heavy atom. The second kappa shape index (κ2) is 9.41. The van der Waals surface area contributed by atoms with Crippen molar-refractivity contribution in [1.29, 1.82) is 0 Å². The second-order valence-corrected chi connectivity index (χ2v) is 9.64. The predicted molar refractivity (Wildman–Crippen MR) is 118 cm³/mol. The van der Waals surface area contributed by atoms with E-state index in [4.69, 9.17) is 0 Å². The van der Waals surface area contributed by atoms with E-state index in [-0.39, 0.29) is 24.7 Å². The van der Waals surface area contributed by atoms with E-state index in [9.17, 15) is 22.8 Å². The summed E-state index contributed by atoms with van der Waals surface area (Å²) in [6.45, 7) is 0.543. The van der Waals surface area contributed by atoms with Gasteiger partial charge in [0.1, 0.15) is 6.04 Å². The molecule has 1 aliphatic rings. The van der Waals surface area contributed by atoms with Gasteiger partial charge >= 0.3 is 6.18 Å². The van der Waals surface area contributed by atoms with Crippen molar-refractivity contribution in [3.8, 4) is 0 Å². The highest BCUT2D eigenvalue weighted by Crippen LogP contribution is 2.31. The molecule has 0 saturated carbocycles. The fourth-order valence-corrected chi connectivity index (χ4v) is 5.24. The van der Waals surface area contributed by atoms with Gasteiger partial charge in [-0.2, -0.15) is 13.2 Å². The lowest BCUT2D eigenvalue weighted by atomic mass is 10.1. The third-order valence-electron chi connectivity index (χ3n) is 5.20. The monoisotopic (exact) mass is 479 g/mol. The van der Waals surface area contributed by atoms with Crippen LogP contribution in [-0.2, 0) is 28.6 Å². The number of benzene rings is 1. The average Bonchev–Trinajstić information content (AvgIpc) is 3.49. The molecule has 1 N–H and O–H groups in total. The Kier molecular flexibility index (Phi) is 6.61. The summed E-state index contributed by atoms with van der Waals surface area (Å²) in [6.07, 6.45) is -0.935. The predicted octanol–water partition coefficient (Wildman–Crippen LogP) is 4.99. The number of amides is 2.